The van der Waals surface area contributed by atoms with Crippen LogP contribution in [0.3, 0.4) is 0 Å². The molecule has 2 rings (SSSR count). The van der Waals surface area contributed by atoms with Crippen molar-refractivity contribution in [3.05, 3.63) is 30.3 Å². The summed E-state index contributed by atoms with van der Waals surface area (Å²) >= 11 is 0. The molecule has 1 saturated heterocycles. The maximum absolute atomic E-state index is 12.5. The molecule has 2 atom stereocenters. The summed E-state index contributed by atoms with van der Waals surface area (Å²) in [6.45, 7) is 2.80. The third kappa shape index (κ3) is 7.33. The lowest BCUT2D eigenvalue weighted by molar-refractivity contribution is -0.143. The summed E-state index contributed by atoms with van der Waals surface area (Å²) in [6, 6.07) is 9.11. The first-order valence-electron chi connectivity index (χ1n) is 8.64. The highest BCUT2D eigenvalue weighted by Gasteiger charge is 2.34. The predicted octanol–water partition coefficient (Wildman–Crippen LogP) is 1.99. The minimum Gasteiger partial charge on any atom is -0.357 e. The largest absolute Gasteiger partial charge is 0.401 e. The van der Waals surface area contributed by atoms with Crippen LogP contribution in [0, 0.1) is 0 Å². The van der Waals surface area contributed by atoms with Crippen LogP contribution in [0.5, 0.6) is 0 Å². The number of likely N-dealkylation sites (tertiary alicyclic amines) is 1. The molecule has 0 aromatic heterocycles. The summed E-state index contributed by atoms with van der Waals surface area (Å²) in [5.41, 5.74) is 0. The fraction of sp³-hybridized carbons (Fsp3) is 0.588. The summed E-state index contributed by atoms with van der Waals surface area (Å²) in [7, 11) is -1.12. The van der Waals surface area contributed by atoms with Gasteiger partial charge in [0.05, 0.1) is 23.9 Å². The second kappa shape index (κ2) is 9.91. The van der Waals surface area contributed by atoms with Gasteiger partial charge in [-0.1, -0.05) is 18.2 Å². The Morgan fingerprint density at radius 2 is 2.08 bits per heavy atom. The molecule has 0 amide bonds. The van der Waals surface area contributed by atoms with E-state index >= 15 is 0 Å². The highest BCUT2D eigenvalue weighted by atomic mass is 32.2. The average molecular weight is 390 g/mol. The Hall–Kier alpha value is -1.61. The summed E-state index contributed by atoms with van der Waals surface area (Å²) < 4.78 is 49.6. The van der Waals surface area contributed by atoms with Crippen LogP contribution in [0.25, 0.3) is 0 Å². The predicted molar refractivity (Wildman–Crippen MR) is 97.7 cm³/mol. The Balaban J connectivity index is 1.82. The number of benzene rings is 1. The van der Waals surface area contributed by atoms with Crippen LogP contribution in [0.1, 0.15) is 13.3 Å². The molecule has 2 N–H and O–H groups in total. The van der Waals surface area contributed by atoms with Crippen molar-refractivity contribution in [3.8, 4) is 0 Å². The van der Waals surface area contributed by atoms with Crippen molar-refractivity contribution in [2.75, 3.05) is 38.5 Å². The normalized spacial score (nSPS) is 20.2. The van der Waals surface area contributed by atoms with Crippen molar-refractivity contribution in [1.82, 2.24) is 15.5 Å². The van der Waals surface area contributed by atoms with Gasteiger partial charge in [-0.3, -0.25) is 14.1 Å². The quantitative estimate of drug-likeness (QED) is 0.552. The number of nitrogens with zero attached hydrogens (tertiary/aromatic N) is 2. The van der Waals surface area contributed by atoms with Crippen LogP contribution in [0.15, 0.2) is 40.2 Å². The van der Waals surface area contributed by atoms with Crippen molar-refractivity contribution >= 4 is 16.8 Å². The molecule has 0 spiro atoms. The first-order chi connectivity index (χ1) is 12.4. The van der Waals surface area contributed by atoms with Crippen molar-refractivity contribution in [1.29, 1.82) is 0 Å². The maximum atomic E-state index is 12.5. The van der Waals surface area contributed by atoms with Crippen molar-refractivity contribution in [2.45, 2.75) is 30.5 Å². The van der Waals surface area contributed by atoms with Crippen LogP contribution in [-0.2, 0) is 10.8 Å². The summed E-state index contributed by atoms with van der Waals surface area (Å²) in [6.07, 6.45) is -3.54. The van der Waals surface area contributed by atoms with Gasteiger partial charge in [-0.15, -0.1) is 0 Å². The van der Waals surface area contributed by atoms with E-state index in [1.807, 2.05) is 37.3 Å². The van der Waals surface area contributed by atoms with Gasteiger partial charge in [-0.2, -0.15) is 13.2 Å². The molecule has 0 bridgehead atoms. The van der Waals surface area contributed by atoms with E-state index < -0.39 is 23.5 Å². The number of guanidine groups is 1. The van der Waals surface area contributed by atoms with Gasteiger partial charge in [0, 0.05) is 36.3 Å². The molecule has 1 aliphatic heterocycles. The van der Waals surface area contributed by atoms with Gasteiger partial charge in [-0.05, 0) is 25.5 Å². The standard InChI is InChI=1S/C17H25F3N4OS/c1-2-21-16(22-9-11-26(25)15-6-4-3-5-7-15)23-14-8-10-24(12-14)13-17(18,19)20/h3-7,14H,2,8-13H2,1H3,(H2,21,22,23). The highest BCUT2D eigenvalue weighted by molar-refractivity contribution is 7.85. The summed E-state index contributed by atoms with van der Waals surface area (Å²) in [5.74, 6) is 0.947. The number of hydrogen-bond acceptors (Lipinski definition) is 3. The smallest absolute Gasteiger partial charge is 0.357 e. The van der Waals surface area contributed by atoms with Crippen LogP contribution in [-0.4, -0.2) is 65.8 Å². The van der Waals surface area contributed by atoms with Crippen LogP contribution >= 0.6 is 0 Å². The van der Waals surface area contributed by atoms with E-state index in [1.54, 1.807) is 0 Å². The van der Waals surface area contributed by atoms with E-state index in [9.17, 15) is 17.4 Å². The molecular formula is C17H25F3N4OS. The number of rotatable bonds is 7. The third-order valence-corrected chi connectivity index (χ3v) is 5.26. The van der Waals surface area contributed by atoms with E-state index in [2.05, 4.69) is 15.6 Å². The molecule has 1 aliphatic rings. The number of hydrogen-bond donors (Lipinski definition) is 2. The zero-order chi connectivity index (χ0) is 19.0. The molecule has 5 nitrogen and oxygen atoms in total. The van der Waals surface area contributed by atoms with Gasteiger partial charge in [0.1, 0.15) is 0 Å². The van der Waals surface area contributed by atoms with Gasteiger partial charge in [-0.25, -0.2) is 0 Å². The van der Waals surface area contributed by atoms with Gasteiger partial charge >= 0.3 is 6.18 Å². The Morgan fingerprint density at radius 3 is 2.73 bits per heavy atom. The van der Waals surface area contributed by atoms with E-state index in [1.165, 1.54) is 4.90 Å². The first-order valence-corrected chi connectivity index (χ1v) is 9.96. The number of nitrogens with one attached hydrogen (secondary N) is 2. The molecule has 1 fully saturated rings. The first kappa shape index (κ1) is 20.7. The molecule has 1 heterocycles. The molecule has 0 saturated carbocycles. The summed E-state index contributed by atoms with van der Waals surface area (Å²) in [4.78, 5) is 6.56. The lowest BCUT2D eigenvalue weighted by Crippen LogP contribution is -2.45. The Kier molecular flexibility index (Phi) is 7.89. The Morgan fingerprint density at radius 1 is 1.35 bits per heavy atom. The molecule has 26 heavy (non-hydrogen) atoms. The van der Waals surface area contributed by atoms with Gasteiger partial charge in [0.25, 0.3) is 0 Å². The Labute approximate surface area is 154 Å². The monoisotopic (exact) mass is 390 g/mol. The molecule has 9 heteroatoms. The SMILES string of the molecule is CCNC(=NCCS(=O)c1ccccc1)NC1CCN(CC(F)(F)F)C1. The fourth-order valence-electron chi connectivity index (χ4n) is 2.79. The van der Waals surface area contributed by atoms with Crippen LogP contribution in [0.4, 0.5) is 13.2 Å². The van der Waals surface area contributed by atoms with E-state index in [4.69, 9.17) is 0 Å². The zero-order valence-electron chi connectivity index (χ0n) is 14.8. The lowest BCUT2D eigenvalue weighted by Gasteiger charge is -2.19. The fourth-order valence-corrected chi connectivity index (χ4v) is 3.74. The molecule has 1 aromatic rings. The number of halogens is 3. The number of aliphatic imine (C=N–C) groups is 1. The minimum absolute atomic E-state index is 0.0743. The van der Waals surface area contributed by atoms with Crippen LogP contribution in [0.2, 0.25) is 0 Å². The maximum Gasteiger partial charge on any atom is 0.401 e. The Bertz CT molecular complexity index is 610. The van der Waals surface area contributed by atoms with Crippen molar-refractivity contribution in [2.24, 2.45) is 4.99 Å². The number of alkyl halides is 3. The average Bonchev–Trinajstić information content (AvgIpc) is 3.00. The third-order valence-electron chi connectivity index (χ3n) is 3.91. The second-order valence-electron chi connectivity index (χ2n) is 6.10. The molecular weight excluding hydrogens is 365 g/mol. The van der Waals surface area contributed by atoms with E-state index in [0.29, 0.717) is 44.3 Å². The molecule has 1 aromatic carbocycles. The van der Waals surface area contributed by atoms with Gasteiger partial charge in [0.15, 0.2) is 5.96 Å². The van der Waals surface area contributed by atoms with Gasteiger partial charge < -0.3 is 10.6 Å². The second-order valence-corrected chi connectivity index (χ2v) is 7.67. The van der Waals surface area contributed by atoms with Gasteiger partial charge in [0.2, 0.25) is 0 Å². The lowest BCUT2D eigenvalue weighted by atomic mass is 10.3. The molecule has 146 valence electrons. The molecule has 0 aliphatic carbocycles. The van der Waals surface area contributed by atoms with E-state index in [0.717, 1.165) is 4.90 Å². The minimum atomic E-state index is -4.17. The molecule has 2 unspecified atom stereocenters. The zero-order valence-corrected chi connectivity index (χ0v) is 15.6. The summed E-state index contributed by atoms with van der Waals surface area (Å²) in [5, 5.41) is 6.26. The highest BCUT2D eigenvalue weighted by Crippen LogP contribution is 2.19. The van der Waals surface area contributed by atoms with E-state index in [-0.39, 0.29) is 6.04 Å². The topological polar surface area (TPSA) is 56.7 Å². The van der Waals surface area contributed by atoms with Crippen molar-refractivity contribution in [3.63, 3.8) is 0 Å². The molecule has 0 radical (unpaired) electrons. The van der Waals surface area contributed by atoms with Crippen LogP contribution < -0.4 is 10.6 Å². The van der Waals surface area contributed by atoms with Crippen molar-refractivity contribution < 1.29 is 17.4 Å².